The molecular formula is C11H15NO2. The molecule has 0 aliphatic rings. The van der Waals surface area contributed by atoms with Gasteiger partial charge >= 0.3 is 0 Å². The molecule has 0 atom stereocenters. The fourth-order valence-electron chi connectivity index (χ4n) is 1.26. The molecule has 0 saturated heterocycles. The second-order valence-electron chi connectivity index (χ2n) is 3.12. The Balaban J connectivity index is 3.14. The van der Waals surface area contributed by atoms with Crippen molar-refractivity contribution in [1.82, 2.24) is 0 Å². The normalized spacial score (nSPS) is 11.5. The second kappa shape index (κ2) is 4.65. The maximum absolute atomic E-state index is 8.68. The average molecular weight is 193 g/mol. The molecule has 0 heterocycles. The van der Waals surface area contributed by atoms with Crippen LogP contribution in [-0.4, -0.2) is 17.5 Å². The van der Waals surface area contributed by atoms with E-state index in [1.54, 1.807) is 6.92 Å². The summed E-state index contributed by atoms with van der Waals surface area (Å²) in [4.78, 5) is 0. The molecule has 0 aliphatic heterocycles. The summed E-state index contributed by atoms with van der Waals surface area (Å²) in [5.74, 6) is 0.766. The van der Waals surface area contributed by atoms with Crippen molar-refractivity contribution in [2.75, 3.05) is 6.61 Å². The highest BCUT2D eigenvalue weighted by Gasteiger charge is 2.06. The average Bonchev–Trinajstić information content (AvgIpc) is 2.17. The second-order valence-corrected chi connectivity index (χ2v) is 3.12. The summed E-state index contributed by atoms with van der Waals surface area (Å²) in [6, 6.07) is 5.80. The van der Waals surface area contributed by atoms with Gasteiger partial charge in [-0.2, -0.15) is 0 Å². The van der Waals surface area contributed by atoms with Gasteiger partial charge in [0.2, 0.25) is 0 Å². The van der Waals surface area contributed by atoms with Crippen LogP contribution in [0.3, 0.4) is 0 Å². The van der Waals surface area contributed by atoms with Gasteiger partial charge < -0.3 is 9.94 Å². The van der Waals surface area contributed by atoms with Crippen LogP contribution in [0.1, 0.15) is 25.0 Å². The topological polar surface area (TPSA) is 41.8 Å². The van der Waals surface area contributed by atoms with E-state index in [1.807, 2.05) is 32.0 Å². The first kappa shape index (κ1) is 10.6. The molecule has 0 aliphatic carbocycles. The number of hydrogen-bond acceptors (Lipinski definition) is 3. The van der Waals surface area contributed by atoms with Crippen molar-refractivity contribution in [1.29, 1.82) is 0 Å². The number of ether oxygens (including phenoxy) is 1. The number of hydrogen-bond donors (Lipinski definition) is 1. The fourth-order valence-corrected chi connectivity index (χ4v) is 1.26. The molecule has 76 valence electrons. The van der Waals surface area contributed by atoms with E-state index in [4.69, 9.17) is 9.94 Å². The number of nitrogens with zero attached hydrogens (tertiary/aromatic N) is 1. The summed E-state index contributed by atoms with van der Waals surface area (Å²) >= 11 is 0. The molecular weight excluding hydrogens is 178 g/mol. The number of rotatable bonds is 3. The predicted octanol–water partition coefficient (Wildman–Crippen LogP) is 2.59. The first-order valence-corrected chi connectivity index (χ1v) is 4.61. The highest BCUT2D eigenvalue weighted by Crippen LogP contribution is 2.21. The monoisotopic (exact) mass is 193 g/mol. The maximum Gasteiger partial charge on any atom is 0.128 e. The molecule has 1 aromatic rings. The SMILES string of the molecule is CCOc1cc(C)ccc1C(C)=NO. The first-order chi connectivity index (χ1) is 6.69. The Kier molecular flexibility index (Phi) is 3.51. The minimum absolute atomic E-state index is 0.563. The first-order valence-electron chi connectivity index (χ1n) is 4.61. The van der Waals surface area contributed by atoms with Crippen molar-refractivity contribution in [3.63, 3.8) is 0 Å². The Morgan fingerprint density at radius 3 is 2.79 bits per heavy atom. The summed E-state index contributed by atoms with van der Waals surface area (Å²) in [6.45, 7) is 6.28. The van der Waals surface area contributed by atoms with Gasteiger partial charge in [0.05, 0.1) is 12.3 Å². The van der Waals surface area contributed by atoms with Crippen molar-refractivity contribution in [3.05, 3.63) is 29.3 Å². The van der Waals surface area contributed by atoms with Crippen molar-refractivity contribution in [2.24, 2.45) is 5.16 Å². The molecule has 3 heteroatoms. The molecule has 0 unspecified atom stereocenters. The van der Waals surface area contributed by atoms with Gasteiger partial charge in [0.1, 0.15) is 5.75 Å². The van der Waals surface area contributed by atoms with Gasteiger partial charge in [-0.05, 0) is 38.5 Å². The van der Waals surface area contributed by atoms with Crippen molar-refractivity contribution in [2.45, 2.75) is 20.8 Å². The maximum atomic E-state index is 8.68. The molecule has 3 nitrogen and oxygen atoms in total. The quantitative estimate of drug-likeness (QED) is 0.455. The van der Waals surface area contributed by atoms with Crippen LogP contribution in [0.25, 0.3) is 0 Å². The minimum atomic E-state index is 0.563. The third kappa shape index (κ3) is 2.25. The van der Waals surface area contributed by atoms with E-state index in [0.29, 0.717) is 12.3 Å². The lowest BCUT2D eigenvalue weighted by molar-refractivity contribution is 0.317. The Hall–Kier alpha value is -1.51. The lowest BCUT2D eigenvalue weighted by Gasteiger charge is -2.09. The zero-order valence-electron chi connectivity index (χ0n) is 8.74. The van der Waals surface area contributed by atoms with E-state index in [-0.39, 0.29) is 0 Å². The highest BCUT2D eigenvalue weighted by atomic mass is 16.5. The largest absolute Gasteiger partial charge is 0.493 e. The molecule has 0 fully saturated rings. The van der Waals surface area contributed by atoms with E-state index in [1.165, 1.54) is 0 Å². The van der Waals surface area contributed by atoms with Crippen LogP contribution >= 0.6 is 0 Å². The molecule has 0 amide bonds. The smallest absolute Gasteiger partial charge is 0.128 e. The summed E-state index contributed by atoms with van der Waals surface area (Å²) in [5, 5.41) is 11.9. The van der Waals surface area contributed by atoms with Crippen LogP contribution in [0.15, 0.2) is 23.4 Å². The van der Waals surface area contributed by atoms with E-state index in [0.717, 1.165) is 16.9 Å². The zero-order valence-corrected chi connectivity index (χ0v) is 8.74. The van der Waals surface area contributed by atoms with Gasteiger partial charge in [-0.15, -0.1) is 0 Å². The highest BCUT2D eigenvalue weighted by molar-refractivity contribution is 6.00. The Morgan fingerprint density at radius 2 is 2.21 bits per heavy atom. The van der Waals surface area contributed by atoms with Gasteiger partial charge in [0, 0.05) is 5.56 Å². The van der Waals surface area contributed by atoms with Crippen LogP contribution in [0.5, 0.6) is 5.75 Å². The van der Waals surface area contributed by atoms with E-state index in [2.05, 4.69) is 5.16 Å². The summed E-state index contributed by atoms with van der Waals surface area (Å²) in [7, 11) is 0. The van der Waals surface area contributed by atoms with Gasteiger partial charge in [0.25, 0.3) is 0 Å². The molecule has 0 aromatic heterocycles. The Labute approximate surface area is 84.0 Å². The van der Waals surface area contributed by atoms with E-state index in [9.17, 15) is 0 Å². The predicted molar refractivity (Wildman–Crippen MR) is 56.3 cm³/mol. The lowest BCUT2D eigenvalue weighted by atomic mass is 10.1. The lowest BCUT2D eigenvalue weighted by Crippen LogP contribution is -2.01. The molecule has 1 rings (SSSR count). The van der Waals surface area contributed by atoms with E-state index >= 15 is 0 Å². The van der Waals surface area contributed by atoms with Crippen LogP contribution in [0.2, 0.25) is 0 Å². The van der Waals surface area contributed by atoms with Crippen LogP contribution < -0.4 is 4.74 Å². The standard InChI is InChI=1S/C11H15NO2/c1-4-14-11-7-8(2)5-6-10(11)9(3)12-13/h5-7,13H,4H2,1-3H3. The summed E-state index contributed by atoms with van der Waals surface area (Å²) in [5.41, 5.74) is 2.52. The van der Waals surface area contributed by atoms with E-state index < -0.39 is 0 Å². The fraction of sp³-hybridized carbons (Fsp3) is 0.364. The number of benzene rings is 1. The number of oxime groups is 1. The summed E-state index contributed by atoms with van der Waals surface area (Å²) in [6.07, 6.45) is 0. The number of aryl methyl sites for hydroxylation is 1. The Morgan fingerprint density at radius 1 is 1.50 bits per heavy atom. The van der Waals surface area contributed by atoms with Crippen LogP contribution in [-0.2, 0) is 0 Å². The van der Waals surface area contributed by atoms with Crippen LogP contribution in [0.4, 0.5) is 0 Å². The van der Waals surface area contributed by atoms with Crippen molar-refractivity contribution in [3.8, 4) is 5.75 Å². The van der Waals surface area contributed by atoms with Crippen molar-refractivity contribution < 1.29 is 9.94 Å². The van der Waals surface area contributed by atoms with Gasteiger partial charge in [-0.25, -0.2) is 0 Å². The Bertz CT molecular complexity index is 345. The molecule has 0 saturated carbocycles. The molecule has 14 heavy (non-hydrogen) atoms. The molecule has 0 spiro atoms. The van der Waals surface area contributed by atoms with Crippen molar-refractivity contribution >= 4 is 5.71 Å². The van der Waals surface area contributed by atoms with Gasteiger partial charge in [0.15, 0.2) is 0 Å². The van der Waals surface area contributed by atoms with Gasteiger partial charge in [-0.1, -0.05) is 11.2 Å². The zero-order chi connectivity index (χ0) is 10.6. The van der Waals surface area contributed by atoms with Crippen LogP contribution in [0, 0.1) is 6.92 Å². The molecule has 1 N–H and O–H groups in total. The summed E-state index contributed by atoms with van der Waals surface area (Å²) < 4.78 is 5.45. The third-order valence-corrected chi connectivity index (χ3v) is 1.98. The van der Waals surface area contributed by atoms with Gasteiger partial charge in [-0.3, -0.25) is 0 Å². The molecule has 1 aromatic carbocycles. The molecule has 0 bridgehead atoms. The molecule has 0 radical (unpaired) electrons. The minimum Gasteiger partial charge on any atom is -0.493 e. The third-order valence-electron chi connectivity index (χ3n) is 1.98.